The predicted molar refractivity (Wildman–Crippen MR) is 64.0 cm³/mol. The first-order chi connectivity index (χ1) is 8.12. The fourth-order valence-electron chi connectivity index (χ4n) is 1.46. The van der Waals surface area contributed by atoms with Crippen LogP contribution in [-0.2, 0) is 16.6 Å². The van der Waals surface area contributed by atoms with Gasteiger partial charge in [-0.2, -0.15) is 0 Å². The monoisotopic (exact) mass is 258 g/mol. The summed E-state index contributed by atoms with van der Waals surface area (Å²) in [6.07, 6.45) is 2.88. The smallest absolute Gasteiger partial charge is 0.274 e. The highest BCUT2D eigenvalue weighted by Gasteiger charge is 2.29. The number of sulfonamides is 1. The minimum atomic E-state index is -3.45. The molecule has 0 bridgehead atoms. The Morgan fingerprint density at radius 3 is 2.82 bits per heavy atom. The molecule has 1 aromatic rings. The van der Waals surface area contributed by atoms with Crippen LogP contribution in [0.1, 0.15) is 31.9 Å². The largest absolute Gasteiger partial charge is 0.447 e. The van der Waals surface area contributed by atoms with Crippen LogP contribution < -0.4 is 10.0 Å². The van der Waals surface area contributed by atoms with Crippen LogP contribution in [-0.4, -0.2) is 21.0 Å². The van der Waals surface area contributed by atoms with Crippen LogP contribution in [0.3, 0.4) is 0 Å². The molecule has 6 heteroatoms. The Morgan fingerprint density at radius 1 is 1.41 bits per heavy atom. The Labute approximate surface area is 102 Å². The second-order valence-electron chi connectivity index (χ2n) is 4.29. The summed E-state index contributed by atoms with van der Waals surface area (Å²) in [6.45, 7) is 3.53. The second kappa shape index (κ2) is 5.20. The molecule has 0 unspecified atom stereocenters. The third-order valence-corrected chi connectivity index (χ3v) is 3.92. The van der Waals surface area contributed by atoms with E-state index in [0.717, 1.165) is 25.8 Å². The number of rotatable bonds is 7. The summed E-state index contributed by atoms with van der Waals surface area (Å²) in [5, 5.41) is 3.17. The van der Waals surface area contributed by atoms with Crippen molar-refractivity contribution in [1.29, 1.82) is 0 Å². The molecule has 0 aliphatic heterocycles. The third-order valence-electron chi connectivity index (χ3n) is 2.53. The van der Waals surface area contributed by atoms with E-state index in [1.54, 1.807) is 6.07 Å². The van der Waals surface area contributed by atoms with Gasteiger partial charge in [0.2, 0.25) is 5.09 Å². The van der Waals surface area contributed by atoms with Crippen molar-refractivity contribution in [3.8, 4) is 0 Å². The number of hydrogen-bond acceptors (Lipinski definition) is 4. The highest BCUT2D eigenvalue weighted by Crippen LogP contribution is 2.22. The highest BCUT2D eigenvalue weighted by atomic mass is 32.2. The maximum atomic E-state index is 11.8. The summed E-state index contributed by atoms with van der Waals surface area (Å²) >= 11 is 0. The lowest BCUT2D eigenvalue weighted by atomic mass is 10.4. The fraction of sp³-hybridized carbons (Fsp3) is 0.636. The average molecular weight is 258 g/mol. The molecule has 0 atom stereocenters. The molecule has 0 amide bonds. The van der Waals surface area contributed by atoms with E-state index >= 15 is 0 Å². The Morgan fingerprint density at radius 2 is 2.18 bits per heavy atom. The molecule has 96 valence electrons. The van der Waals surface area contributed by atoms with E-state index < -0.39 is 10.0 Å². The normalized spacial score (nSPS) is 16.3. The molecular formula is C11H18N2O3S. The van der Waals surface area contributed by atoms with Crippen molar-refractivity contribution in [3.05, 3.63) is 17.9 Å². The van der Waals surface area contributed by atoms with E-state index in [9.17, 15) is 8.42 Å². The summed E-state index contributed by atoms with van der Waals surface area (Å²) in [4.78, 5) is 0. The number of nitrogens with one attached hydrogen (secondary N) is 2. The number of furan rings is 1. The van der Waals surface area contributed by atoms with Gasteiger partial charge in [-0.25, -0.2) is 13.1 Å². The van der Waals surface area contributed by atoms with Crippen molar-refractivity contribution in [3.63, 3.8) is 0 Å². The van der Waals surface area contributed by atoms with E-state index in [2.05, 4.69) is 17.0 Å². The van der Waals surface area contributed by atoms with Crippen molar-refractivity contribution >= 4 is 10.0 Å². The van der Waals surface area contributed by atoms with Crippen LogP contribution in [0, 0.1) is 0 Å². The zero-order valence-electron chi connectivity index (χ0n) is 9.90. The molecule has 0 saturated heterocycles. The van der Waals surface area contributed by atoms with Crippen LogP contribution in [0.4, 0.5) is 0 Å². The van der Waals surface area contributed by atoms with Gasteiger partial charge in [-0.05, 0) is 37.9 Å². The summed E-state index contributed by atoms with van der Waals surface area (Å²) in [6, 6.07) is 3.31. The standard InChI is InChI=1S/C11H18N2O3S/c1-2-7-12-8-10-5-6-11(16-10)17(14,15)13-9-3-4-9/h5-6,9,12-13H,2-4,7-8H2,1H3. The molecule has 1 heterocycles. The first-order valence-electron chi connectivity index (χ1n) is 5.93. The summed E-state index contributed by atoms with van der Waals surface area (Å²) in [7, 11) is -3.45. The van der Waals surface area contributed by atoms with Gasteiger partial charge in [-0.1, -0.05) is 6.92 Å². The van der Waals surface area contributed by atoms with Gasteiger partial charge in [-0.15, -0.1) is 0 Å². The Balaban J connectivity index is 1.96. The van der Waals surface area contributed by atoms with E-state index in [4.69, 9.17) is 4.42 Å². The summed E-state index contributed by atoms with van der Waals surface area (Å²) in [5.41, 5.74) is 0. The van der Waals surface area contributed by atoms with Gasteiger partial charge in [0.25, 0.3) is 10.0 Å². The van der Waals surface area contributed by atoms with E-state index in [1.807, 2.05) is 0 Å². The molecule has 1 saturated carbocycles. The lowest BCUT2D eigenvalue weighted by Gasteiger charge is -2.02. The van der Waals surface area contributed by atoms with E-state index in [1.165, 1.54) is 6.07 Å². The minimum absolute atomic E-state index is 0.0118. The maximum absolute atomic E-state index is 11.8. The lowest BCUT2D eigenvalue weighted by molar-refractivity contribution is 0.400. The first-order valence-corrected chi connectivity index (χ1v) is 7.42. The molecule has 1 aliphatic rings. The van der Waals surface area contributed by atoms with Crippen molar-refractivity contribution in [1.82, 2.24) is 10.0 Å². The minimum Gasteiger partial charge on any atom is -0.447 e. The molecule has 5 nitrogen and oxygen atoms in total. The van der Waals surface area contributed by atoms with Crippen LogP contribution in [0.2, 0.25) is 0 Å². The van der Waals surface area contributed by atoms with E-state index in [-0.39, 0.29) is 11.1 Å². The Kier molecular flexibility index (Phi) is 3.86. The van der Waals surface area contributed by atoms with E-state index in [0.29, 0.717) is 12.3 Å². The molecule has 1 aliphatic carbocycles. The summed E-state index contributed by atoms with van der Waals surface area (Å²) < 4.78 is 31.5. The predicted octanol–water partition coefficient (Wildman–Crippen LogP) is 1.22. The SMILES string of the molecule is CCCNCc1ccc(S(=O)(=O)NC2CC2)o1. The molecular weight excluding hydrogens is 240 g/mol. The molecule has 17 heavy (non-hydrogen) atoms. The zero-order chi connectivity index (χ0) is 12.3. The summed E-state index contributed by atoms with van der Waals surface area (Å²) in [5.74, 6) is 0.648. The second-order valence-corrected chi connectivity index (χ2v) is 5.94. The van der Waals surface area contributed by atoms with Crippen molar-refractivity contribution < 1.29 is 12.8 Å². The van der Waals surface area contributed by atoms with Crippen LogP contribution in [0.5, 0.6) is 0 Å². The van der Waals surface area contributed by atoms with Gasteiger partial charge in [0.1, 0.15) is 5.76 Å². The van der Waals surface area contributed by atoms with Crippen molar-refractivity contribution in [2.45, 2.75) is 43.9 Å². The van der Waals surface area contributed by atoms with Gasteiger partial charge >= 0.3 is 0 Å². The lowest BCUT2D eigenvalue weighted by Crippen LogP contribution is -2.25. The van der Waals surface area contributed by atoms with Gasteiger partial charge < -0.3 is 9.73 Å². The van der Waals surface area contributed by atoms with Crippen LogP contribution in [0.25, 0.3) is 0 Å². The molecule has 0 spiro atoms. The molecule has 1 aromatic heterocycles. The van der Waals surface area contributed by atoms with Crippen LogP contribution in [0.15, 0.2) is 21.6 Å². The first kappa shape index (κ1) is 12.6. The third kappa shape index (κ3) is 3.55. The fourth-order valence-corrected chi connectivity index (χ4v) is 2.72. The molecule has 0 radical (unpaired) electrons. The zero-order valence-corrected chi connectivity index (χ0v) is 10.7. The van der Waals surface area contributed by atoms with Crippen LogP contribution >= 0.6 is 0 Å². The Bertz CT molecular complexity index is 463. The average Bonchev–Trinajstić information content (AvgIpc) is 2.94. The highest BCUT2D eigenvalue weighted by molar-refractivity contribution is 7.89. The van der Waals surface area contributed by atoms with Gasteiger partial charge in [0, 0.05) is 6.04 Å². The molecule has 2 rings (SSSR count). The quantitative estimate of drug-likeness (QED) is 0.721. The van der Waals surface area contributed by atoms with Gasteiger partial charge in [0.15, 0.2) is 0 Å². The topological polar surface area (TPSA) is 71.3 Å². The van der Waals surface area contributed by atoms with Crippen molar-refractivity contribution in [2.75, 3.05) is 6.54 Å². The molecule has 0 aromatic carbocycles. The van der Waals surface area contributed by atoms with Gasteiger partial charge in [-0.3, -0.25) is 0 Å². The van der Waals surface area contributed by atoms with Gasteiger partial charge in [0.05, 0.1) is 6.54 Å². The molecule has 1 fully saturated rings. The molecule has 2 N–H and O–H groups in total. The number of hydrogen-bond donors (Lipinski definition) is 2. The maximum Gasteiger partial charge on any atom is 0.274 e. The van der Waals surface area contributed by atoms with Crippen molar-refractivity contribution in [2.24, 2.45) is 0 Å². The Hall–Kier alpha value is -0.850.